The van der Waals surface area contributed by atoms with Gasteiger partial charge in [0.1, 0.15) is 11.6 Å². The highest BCUT2D eigenvalue weighted by Gasteiger charge is 2.19. The van der Waals surface area contributed by atoms with Gasteiger partial charge in [0.2, 0.25) is 0 Å². The smallest absolute Gasteiger partial charge is 0.338 e. The summed E-state index contributed by atoms with van der Waals surface area (Å²) in [5.74, 6) is 0.455. The standard InChI is InChI=1S/C16H19FNO2P/c1-12(2)13-8-10-14(11-9-13)20-21(3,19)18-16-7-5-4-6-15(16)17/h4-12H,1-3H3,(H,18,19)/t21-/m0/s1. The Hall–Kier alpha value is -1.80. The lowest BCUT2D eigenvalue weighted by atomic mass is 10.0. The first-order valence-electron chi connectivity index (χ1n) is 6.77. The number of hydrogen-bond donors (Lipinski definition) is 1. The predicted octanol–water partition coefficient (Wildman–Crippen LogP) is 5.26. The molecule has 0 amide bonds. The van der Waals surface area contributed by atoms with Gasteiger partial charge in [-0.3, -0.25) is 4.57 Å². The molecule has 0 unspecified atom stereocenters. The molecule has 0 aliphatic rings. The normalized spacial score (nSPS) is 13.8. The molecule has 1 atom stereocenters. The summed E-state index contributed by atoms with van der Waals surface area (Å²) in [7, 11) is -3.19. The lowest BCUT2D eigenvalue weighted by Gasteiger charge is -2.18. The maximum absolute atomic E-state index is 13.6. The zero-order valence-corrected chi connectivity index (χ0v) is 13.2. The van der Waals surface area contributed by atoms with E-state index in [0.717, 1.165) is 0 Å². The molecule has 0 bridgehead atoms. The van der Waals surface area contributed by atoms with Crippen LogP contribution in [0.1, 0.15) is 25.3 Å². The number of hydrogen-bond acceptors (Lipinski definition) is 2. The van der Waals surface area contributed by atoms with Gasteiger partial charge in [0.15, 0.2) is 0 Å². The van der Waals surface area contributed by atoms with Crippen LogP contribution in [0.15, 0.2) is 48.5 Å². The fourth-order valence-corrected chi connectivity index (χ4v) is 3.10. The van der Waals surface area contributed by atoms with Crippen molar-refractivity contribution in [2.24, 2.45) is 0 Å². The Bertz CT molecular complexity index is 656. The quantitative estimate of drug-likeness (QED) is 0.765. The van der Waals surface area contributed by atoms with Crippen LogP contribution < -0.4 is 9.61 Å². The first-order valence-corrected chi connectivity index (χ1v) is 8.84. The SMILES string of the molecule is CC(C)c1ccc(O[P@](C)(=O)Nc2ccccc2F)cc1. The second-order valence-corrected chi connectivity index (χ2v) is 7.35. The first-order chi connectivity index (χ1) is 9.87. The third-order valence-electron chi connectivity index (χ3n) is 3.02. The minimum Gasteiger partial charge on any atom is -0.429 e. The van der Waals surface area contributed by atoms with E-state index in [1.165, 1.54) is 24.4 Å². The topological polar surface area (TPSA) is 38.3 Å². The summed E-state index contributed by atoms with van der Waals surface area (Å²) in [4.78, 5) is 0. The van der Waals surface area contributed by atoms with E-state index in [0.29, 0.717) is 11.7 Å². The number of nitrogens with one attached hydrogen (secondary N) is 1. The van der Waals surface area contributed by atoms with Crippen LogP contribution in [0.5, 0.6) is 5.75 Å². The van der Waals surface area contributed by atoms with Crippen LogP contribution >= 0.6 is 7.52 Å². The molecule has 0 radical (unpaired) electrons. The van der Waals surface area contributed by atoms with Crippen molar-refractivity contribution in [3.63, 3.8) is 0 Å². The Morgan fingerprint density at radius 3 is 2.29 bits per heavy atom. The second-order valence-electron chi connectivity index (χ2n) is 5.25. The van der Waals surface area contributed by atoms with Crippen molar-refractivity contribution in [2.45, 2.75) is 19.8 Å². The number of anilines is 1. The Morgan fingerprint density at radius 2 is 1.71 bits per heavy atom. The predicted molar refractivity (Wildman–Crippen MR) is 84.7 cm³/mol. The summed E-state index contributed by atoms with van der Waals surface area (Å²) in [6.07, 6.45) is 0. The van der Waals surface area contributed by atoms with E-state index in [1.807, 2.05) is 12.1 Å². The highest BCUT2D eigenvalue weighted by Crippen LogP contribution is 2.43. The number of rotatable bonds is 5. The molecule has 1 N–H and O–H groups in total. The molecule has 0 saturated heterocycles. The minimum atomic E-state index is -3.19. The molecule has 3 nitrogen and oxygen atoms in total. The molecule has 112 valence electrons. The van der Waals surface area contributed by atoms with Gasteiger partial charge >= 0.3 is 7.52 Å². The van der Waals surface area contributed by atoms with Crippen LogP contribution in [-0.4, -0.2) is 6.66 Å². The molecule has 0 aliphatic carbocycles. The molecule has 0 saturated carbocycles. The van der Waals surface area contributed by atoms with Gasteiger partial charge in [0, 0.05) is 6.66 Å². The fraction of sp³-hybridized carbons (Fsp3) is 0.250. The molecule has 2 aromatic rings. The van der Waals surface area contributed by atoms with Gasteiger partial charge in [-0.25, -0.2) is 4.39 Å². The number of halogens is 1. The van der Waals surface area contributed by atoms with Crippen molar-refractivity contribution in [1.29, 1.82) is 0 Å². The number of para-hydroxylation sites is 1. The third kappa shape index (κ3) is 4.33. The summed E-state index contributed by atoms with van der Waals surface area (Å²) >= 11 is 0. The van der Waals surface area contributed by atoms with Crippen molar-refractivity contribution in [3.05, 3.63) is 59.9 Å². The zero-order chi connectivity index (χ0) is 15.5. The molecule has 0 heterocycles. The second kappa shape index (κ2) is 6.31. The van der Waals surface area contributed by atoms with E-state index in [9.17, 15) is 8.96 Å². The van der Waals surface area contributed by atoms with Crippen LogP contribution in [0.3, 0.4) is 0 Å². The van der Waals surface area contributed by atoms with E-state index < -0.39 is 13.3 Å². The van der Waals surface area contributed by atoms with Crippen molar-refractivity contribution >= 4 is 13.2 Å². The van der Waals surface area contributed by atoms with Gasteiger partial charge in [-0.15, -0.1) is 0 Å². The molecular formula is C16H19FNO2P. The van der Waals surface area contributed by atoms with Gasteiger partial charge < -0.3 is 9.61 Å². The minimum absolute atomic E-state index is 0.169. The van der Waals surface area contributed by atoms with Crippen LogP contribution in [0.2, 0.25) is 0 Å². The molecular weight excluding hydrogens is 288 g/mol. The molecule has 2 rings (SSSR count). The van der Waals surface area contributed by atoms with Crippen molar-refractivity contribution < 1.29 is 13.5 Å². The van der Waals surface area contributed by atoms with E-state index in [1.54, 1.807) is 24.3 Å². The van der Waals surface area contributed by atoms with E-state index in [4.69, 9.17) is 4.52 Å². The number of benzene rings is 2. The van der Waals surface area contributed by atoms with Crippen LogP contribution in [0.25, 0.3) is 0 Å². The summed E-state index contributed by atoms with van der Waals surface area (Å²) in [5, 5.41) is 2.63. The Labute approximate surface area is 124 Å². The van der Waals surface area contributed by atoms with Crippen molar-refractivity contribution in [1.82, 2.24) is 0 Å². The van der Waals surface area contributed by atoms with Crippen LogP contribution in [0, 0.1) is 5.82 Å². The van der Waals surface area contributed by atoms with Gasteiger partial charge in [-0.05, 0) is 35.7 Å². The first kappa shape index (κ1) is 15.6. The van der Waals surface area contributed by atoms with E-state index in [2.05, 4.69) is 18.9 Å². The van der Waals surface area contributed by atoms with Gasteiger partial charge in [0.05, 0.1) is 5.69 Å². The average molecular weight is 307 g/mol. The lowest BCUT2D eigenvalue weighted by molar-refractivity contribution is 0.493. The molecule has 2 aromatic carbocycles. The van der Waals surface area contributed by atoms with Crippen molar-refractivity contribution in [2.75, 3.05) is 11.8 Å². The summed E-state index contributed by atoms with van der Waals surface area (Å²) in [5.41, 5.74) is 1.34. The van der Waals surface area contributed by atoms with Gasteiger partial charge in [0.25, 0.3) is 0 Å². The summed E-state index contributed by atoms with van der Waals surface area (Å²) < 4.78 is 31.5. The molecule has 0 spiro atoms. The molecule has 21 heavy (non-hydrogen) atoms. The highest BCUT2D eigenvalue weighted by atomic mass is 31.2. The van der Waals surface area contributed by atoms with Crippen LogP contribution in [0.4, 0.5) is 10.1 Å². The Balaban J connectivity index is 2.10. The largest absolute Gasteiger partial charge is 0.429 e. The molecule has 5 heteroatoms. The maximum atomic E-state index is 13.6. The summed E-state index contributed by atoms with van der Waals surface area (Å²) in [6, 6.07) is 13.5. The van der Waals surface area contributed by atoms with Gasteiger partial charge in [-0.2, -0.15) is 0 Å². The lowest BCUT2D eigenvalue weighted by Crippen LogP contribution is -2.03. The van der Waals surface area contributed by atoms with E-state index >= 15 is 0 Å². The highest BCUT2D eigenvalue weighted by molar-refractivity contribution is 7.60. The zero-order valence-electron chi connectivity index (χ0n) is 12.3. The van der Waals surface area contributed by atoms with Gasteiger partial charge in [-0.1, -0.05) is 38.1 Å². The molecule has 0 aliphatic heterocycles. The Morgan fingerprint density at radius 1 is 1.10 bits per heavy atom. The van der Waals surface area contributed by atoms with E-state index in [-0.39, 0.29) is 5.69 Å². The fourth-order valence-electron chi connectivity index (χ4n) is 1.91. The average Bonchev–Trinajstić information content (AvgIpc) is 2.41. The Kier molecular flexibility index (Phi) is 4.69. The molecule has 0 aromatic heterocycles. The molecule has 0 fully saturated rings. The van der Waals surface area contributed by atoms with Crippen molar-refractivity contribution in [3.8, 4) is 5.75 Å². The maximum Gasteiger partial charge on any atom is 0.338 e. The summed E-state index contributed by atoms with van der Waals surface area (Å²) in [6.45, 7) is 5.62. The third-order valence-corrected chi connectivity index (χ3v) is 4.23. The monoisotopic (exact) mass is 307 g/mol. The van der Waals surface area contributed by atoms with Crippen LogP contribution in [-0.2, 0) is 4.57 Å².